The van der Waals surface area contributed by atoms with Crippen LogP contribution in [0.2, 0.25) is 0 Å². The summed E-state index contributed by atoms with van der Waals surface area (Å²) in [5.74, 6) is 0.816. The molecule has 0 aliphatic heterocycles. The van der Waals surface area contributed by atoms with Gasteiger partial charge in [0.2, 0.25) is 0 Å². The van der Waals surface area contributed by atoms with E-state index >= 15 is 0 Å². The number of carbonyl (C=O) groups is 1. The molecule has 1 aromatic heterocycles. The fraction of sp³-hybridized carbons (Fsp3) is 0.118. The van der Waals surface area contributed by atoms with E-state index in [-0.39, 0.29) is 5.78 Å². The second-order valence-corrected chi connectivity index (χ2v) is 6.53. The van der Waals surface area contributed by atoms with Crippen LogP contribution < -0.4 is 0 Å². The minimum Gasteiger partial charge on any atom is -0.298 e. The number of fused-ring (bicyclic) bond motifs is 1. The Balaban J connectivity index is 1.64. The molecule has 0 bridgehead atoms. The quantitative estimate of drug-likeness (QED) is 0.629. The molecule has 0 spiro atoms. The third-order valence-electron chi connectivity index (χ3n) is 3.09. The number of rotatable bonds is 5. The van der Waals surface area contributed by atoms with Gasteiger partial charge < -0.3 is 0 Å². The van der Waals surface area contributed by atoms with Gasteiger partial charge in [0.1, 0.15) is 5.78 Å². The van der Waals surface area contributed by atoms with Crippen LogP contribution in [0.3, 0.4) is 0 Å². The van der Waals surface area contributed by atoms with Crippen LogP contribution >= 0.6 is 23.1 Å². The molecule has 0 aliphatic rings. The SMILES string of the molecule is O=C(CSc1ccccc1)Cc1csc2ccccc12. The summed E-state index contributed by atoms with van der Waals surface area (Å²) in [6.45, 7) is 0. The van der Waals surface area contributed by atoms with Crippen LogP contribution in [0.5, 0.6) is 0 Å². The fourth-order valence-electron chi connectivity index (χ4n) is 2.11. The number of carbonyl (C=O) groups excluding carboxylic acids is 1. The summed E-state index contributed by atoms with van der Waals surface area (Å²) < 4.78 is 1.26. The molecule has 3 aromatic rings. The highest BCUT2D eigenvalue weighted by molar-refractivity contribution is 8.00. The van der Waals surface area contributed by atoms with Gasteiger partial charge in [-0.25, -0.2) is 0 Å². The molecule has 0 atom stereocenters. The maximum absolute atomic E-state index is 12.1. The number of benzene rings is 2. The Kier molecular flexibility index (Phi) is 4.19. The Hall–Kier alpha value is -1.58. The highest BCUT2D eigenvalue weighted by Crippen LogP contribution is 2.26. The molecule has 0 amide bonds. The summed E-state index contributed by atoms with van der Waals surface area (Å²) in [5.41, 5.74) is 1.16. The maximum Gasteiger partial charge on any atom is 0.147 e. The third kappa shape index (κ3) is 3.11. The van der Waals surface area contributed by atoms with Gasteiger partial charge in [-0.3, -0.25) is 4.79 Å². The van der Waals surface area contributed by atoms with Gasteiger partial charge in [-0.1, -0.05) is 36.4 Å². The second kappa shape index (κ2) is 6.25. The minimum absolute atomic E-state index is 0.280. The smallest absolute Gasteiger partial charge is 0.147 e. The molecule has 3 heteroatoms. The number of Topliss-reactive ketones (excluding diaryl/α,β-unsaturated/α-hetero) is 1. The number of ketones is 1. The summed E-state index contributed by atoms with van der Waals surface area (Å²) in [6, 6.07) is 18.3. The topological polar surface area (TPSA) is 17.1 Å². The van der Waals surface area contributed by atoms with Gasteiger partial charge in [0.25, 0.3) is 0 Å². The lowest BCUT2D eigenvalue weighted by atomic mass is 10.1. The summed E-state index contributed by atoms with van der Waals surface area (Å²) in [6.07, 6.45) is 0.532. The van der Waals surface area contributed by atoms with Crippen molar-refractivity contribution >= 4 is 39.0 Å². The second-order valence-electron chi connectivity index (χ2n) is 4.57. The van der Waals surface area contributed by atoms with Crippen molar-refractivity contribution in [2.24, 2.45) is 0 Å². The van der Waals surface area contributed by atoms with Crippen LogP contribution in [-0.2, 0) is 11.2 Å². The zero-order chi connectivity index (χ0) is 13.8. The number of thioether (sulfide) groups is 1. The average molecular weight is 298 g/mol. The van der Waals surface area contributed by atoms with Crippen LogP contribution in [0, 0.1) is 0 Å². The van der Waals surface area contributed by atoms with Gasteiger partial charge in [0, 0.05) is 16.0 Å². The molecule has 0 fully saturated rings. The van der Waals surface area contributed by atoms with E-state index in [2.05, 4.69) is 17.5 Å². The molecule has 0 saturated heterocycles. The van der Waals surface area contributed by atoms with Crippen molar-refractivity contribution in [3.8, 4) is 0 Å². The molecule has 0 unspecified atom stereocenters. The first-order chi connectivity index (χ1) is 9.83. The summed E-state index contributed by atoms with van der Waals surface area (Å²) in [5, 5.41) is 3.33. The van der Waals surface area contributed by atoms with Crippen molar-refractivity contribution in [3.63, 3.8) is 0 Å². The van der Waals surface area contributed by atoms with E-state index in [4.69, 9.17) is 0 Å². The van der Waals surface area contributed by atoms with E-state index < -0.39 is 0 Å². The van der Waals surface area contributed by atoms with E-state index in [0.717, 1.165) is 10.5 Å². The normalized spacial score (nSPS) is 10.8. The number of thiophene rings is 1. The van der Waals surface area contributed by atoms with E-state index in [1.165, 1.54) is 10.1 Å². The van der Waals surface area contributed by atoms with Crippen LogP contribution in [0.4, 0.5) is 0 Å². The first kappa shape index (κ1) is 13.4. The maximum atomic E-state index is 12.1. The summed E-state index contributed by atoms with van der Waals surface area (Å²) >= 11 is 3.32. The first-order valence-electron chi connectivity index (χ1n) is 6.47. The largest absolute Gasteiger partial charge is 0.298 e. The molecule has 0 radical (unpaired) electrons. The molecule has 2 aromatic carbocycles. The zero-order valence-electron chi connectivity index (χ0n) is 10.9. The van der Waals surface area contributed by atoms with Crippen molar-refractivity contribution in [1.82, 2.24) is 0 Å². The molecule has 0 saturated carbocycles. The van der Waals surface area contributed by atoms with Gasteiger partial charge in [-0.05, 0) is 34.5 Å². The van der Waals surface area contributed by atoms with Gasteiger partial charge in [-0.15, -0.1) is 23.1 Å². The summed E-state index contributed by atoms with van der Waals surface area (Å²) in [7, 11) is 0. The molecule has 0 N–H and O–H groups in total. The fourth-order valence-corrected chi connectivity index (χ4v) is 3.86. The molecular formula is C17H14OS2. The monoisotopic (exact) mass is 298 g/mol. The molecule has 20 heavy (non-hydrogen) atoms. The van der Waals surface area contributed by atoms with Gasteiger partial charge in [0.05, 0.1) is 5.75 Å². The van der Waals surface area contributed by atoms with Crippen molar-refractivity contribution in [1.29, 1.82) is 0 Å². The van der Waals surface area contributed by atoms with E-state index in [1.54, 1.807) is 23.1 Å². The molecular weight excluding hydrogens is 284 g/mol. The van der Waals surface area contributed by atoms with E-state index in [9.17, 15) is 4.79 Å². The third-order valence-corrected chi connectivity index (χ3v) is 5.18. The van der Waals surface area contributed by atoms with Crippen LogP contribution in [0.1, 0.15) is 5.56 Å². The highest BCUT2D eigenvalue weighted by Gasteiger charge is 2.09. The van der Waals surface area contributed by atoms with E-state index in [1.807, 2.05) is 42.5 Å². The Labute approximate surface area is 126 Å². The molecule has 3 rings (SSSR count). The molecule has 1 heterocycles. The molecule has 100 valence electrons. The van der Waals surface area contributed by atoms with Crippen molar-refractivity contribution < 1.29 is 4.79 Å². The highest BCUT2D eigenvalue weighted by atomic mass is 32.2. The van der Waals surface area contributed by atoms with Crippen molar-refractivity contribution in [2.45, 2.75) is 11.3 Å². The van der Waals surface area contributed by atoms with Gasteiger partial charge in [0.15, 0.2) is 0 Å². The lowest BCUT2D eigenvalue weighted by Crippen LogP contribution is -2.05. The Morgan fingerprint density at radius 2 is 1.75 bits per heavy atom. The average Bonchev–Trinajstić information content (AvgIpc) is 2.90. The van der Waals surface area contributed by atoms with Crippen molar-refractivity contribution in [2.75, 3.05) is 5.75 Å². The van der Waals surface area contributed by atoms with Crippen molar-refractivity contribution in [3.05, 3.63) is 65.5 Å². The first-order valence-corrected chi connectivity index (χ1v) is 8.34. The summed E-state index contributed by atoms with van der Waals surface area (Å²) in [4.78, 5) is 13.3. The molecule has 1 nitrogen and oxygen atoms in total. The van der Waals surface area contributed by atoms with Crippen LogP contribution in [0.25, 0.3) is 10.1 Å². The standard InChI is InChI=1S/C17H14OS2/c18-14(12-19-15-6-2-1-3-7-15)10-13-11-20-17-9-5-4-8-16(13)17/h1-9,11H,10,12H2. The Morgan fingerprint density at radius 3 is 2.60 bits per heavy atom. The van der Waals surface area contributed by atoms with E-state index in [0.29, 0.717) is 12.2 Å². The molecule has 0 aliphatic carbocycles. The van der Waals surface area contributed by atoms with Crippen LogP contribution in [0.15, 0.2) is 64.9 Å². The van der Waals surface area contributed by atoms with Gasteiger partial charge >= 0.3 is 0 Å². The predicted octanol–water partition coefficient (Wildman–Crippen LogP) is 4.81. The Morgan fingerprint density at radius 1 is 1.00 bits per heavy atom. The zero-order valence-corrected chi connectivity index (χ0v) is 12.5. The van der Waals surface area contributed by atoms with Gasteiger partial charge in [-0.2, -0.15) is 0 Å². The predicted molar refractivity (Wildman–Crippen MR) is 87.7 cm³/mol. The minimum atomic E-state index is 0.280. The lowest BCUT2D eigenvalue weighted by Gasteiger charge is -2.01. The number of hydrogen-bond donors (Lipinski definition) is 0. The lowest BCUT2D eigenvalue weighted by molar-refractivity contribution is -0.115. The van der Waals surface area contributed by atoms with Crippen LogP contribution in [-0.4, -0.2) is 11.5 Å². The number of hydrogen-bond acceptors (Lipinski definition) is 3. The Bertz CT molecular complexity index is 716.